The Morgan fingerprint density at radius 1 is 1.30 bits per heavy atom. The molecule has 0 aliphatic rings. The van der Waals surface area contributed by atoms with Gasteiger partial charge in [-0.25, -0.2) is 4.98 Å². The number of hydrogen-bond donors (Lipinski definition) is 2. The van der Waals surface area contributed by atoms with Gasteiger partial charge in [-0.1, -0.05) is 6.07 Å². The average molecular weight is 267 g/mol. The van der Waals surface area contributed by atoms with Gasteiger partial charge < -0.3 is 15.0 Å². The number of anilines is 1. The van der Waals surface area contributed by atoms with Crippen LogP contribution >= 0.6 is 0 Å². The first kappa shape index (κ1) is 12.2. The monoisotopic (exact) mass is 267 g/mol. The summed E-state index contributed by atoms with van der Waals surface area (Å²) in [4.78, 5) is 19.4. The number of benzene rings is 1. The van der Waals surface area contributed by atoms with E-state index in [-0.39, 0.29) is 5.91 Å². The molecule has 5 heteroatoms. The highest BCUT2D eigenvalue weighted by Crippen LogP contribution is 2.21. The van der Waals surface area contributed by atoms with Gasteiger partial charge >= 0.3 is 0 Å². The number of carbonyl (C=O) groups excluding carboxylic acids is 1. The van der Waals surface area contributed by atoms with Crippen molar-refractivity contribution in [2.24, 2.45) is 0 Å². The minimum Gasteiger partial charge on any atom is -0.480 e. The van der Waals surface area contributed by atoms with Crippen LogP contribution in [0.25, 0.3) is 10.9 Å². The number of methoxy groups -OCH3 is 1. The minimum atomic E-state index is -0.201. The summed E-state index contributed by atoms with van der Waals surface area (Å²) in [6.07, 6.45) is 3.45. The molecule has 0 saturated heterocycles. The first-order valence-electron chi connectivity index (χ1n) is 6.15. The van der Waals surface area contributed by atoms with E-state index in [0.717, 1.165) is 10.9 Å². The smallest absolute Gasteiger partial charge is 0.255 e. The lowest BCUT2D eigenvalue weighted by molar-refractivity contribution is 0.102. The lowest BCUT2D eigenvalue weighted by Gasteiger charge is -2.08. The second kappa shape index (κ2) is 5.05. The second-order valence-corrected chi connectivity index (χ2v) is 4.29. The van der Waals surface area contributed by atoms with Crippen LogP contribution < -0.4 is 10.1 Å². The van der Waals surface area contributed by atoms with Gasteiger partial charge in [-0.2, -0.15) is 0 Å². The minimum absolute atomic E-state index is 0.201. The van der Waals surface area contributed by atoms with Crippen LogP contribution in [-0.2, 0) is 0 Å². The molecule has 0 bridgehead atoms. The first-order chi connectivity index (χ1) is 9.78. The molecule has 1 aromatic carbocycles. The lowest BCUT2D eigenvalue weighted by atomic mass is 10.1. The molecule has 0 aliphatic carbocycles. The largest absolute Gasteiger partial charge is 0.480 e. The van der Waals surface area contributed by atoms with Crippen molar-refractivity contribution < 1.29 is 9.53 Å². The summed E-state index contributed by atoms with van der Waals surface area (Å²) in [7, 11) is 1.52. The summed E-state index contributed by atoms with van der Waals surface area (Å²) in [5, 5.41) is 3.86. The zero-order chi connectivity index (χ0) is 13.9. The fourth-order valence-electron chi connectivity index (χ4n) is 2.03. The molecule has 3 rings (SSSR count). The Kier molecular flexibility index (Phi) is 3.09. The zero-order valence-electron chi connectivity index (χ0n) is 10.9. The van der Waals surface area contributed by atoms with E-state index in [9.17, 15) is 4.79 Å². The third-order valence-electron chi connectivity index (χ3n) is 3.03. The Hall–Kier alpha value is -2.82. The highest BCUT2D eigenvalue weighted by atomic mass is 16.5. The highest BCUT2D eigenvalue weighted by Gasteiger charge is 2.10. The molecule has 100 valence electrons. The lowest BCUT2D eigenvalue weighted by Crippen LogP contribution is -2.12. The van der Waals surface area contributed by atoms with Crippen LogP contribution in [-0.4, -0.2) is 23.0 Å². The average Bonchev–Trinajstić information content (AvgIpc) is 2.95. The van der Waals surface area contributed by atoms with Gasteiger partial charge in [0, 0.05) is 23.5 Å². The Morgan fingerprint density at radius 2 is 2.20 bits per heavy atom. The van der Waals surface area contributed by atoms with Gasteiger partial charge in [-0.15, -0.1) is 0 Å². The van der Waals surface area contributed by atoms with Gasteiger partial charge in [0.1, 0.15) is 5.69 Å². The Labute approximate surface area is 115 Å². The highest BCUT2D eigenvalue weighted by molar-refractivity contribution is 6.06. The molecule has 0 unspecified atom stereocenters. The maximum absolute atomic E-state index is 12.2. The van der Waals surface area contributed by atoms with E-state index >= 15 is 0 Å². The van der Waals surface area contributed by atoms with E-state index < -0.39 is 0 Å². The number of ether oxygens (including phenoxy) is 1. The summed E-state index contributed by atoms with van der Waals surface area (Å²) in [6.45, 7) is 0. The van der Waals surface area contributed by atoms with Crippen molar-refractivity contribution in [3.63, 3.8) is 0 Å². The molecule has 0 atom stereocenters. The molecule has 3 aromatic rings. The molecule has 5 nitrogen and oxygen atoms in total. The van der Waals surface area contributed by atoms with Gasteiger partial charge in [0.15, 0.2) is 0 Å². The number of aromatic nitrogens is 2. The van der Waals surface area contributed by atoms with E-state index in [1.807, 2.05) is 24.4 Å². The Morgan fingerprint density at radius 3 is 3.05 bits per heavy atom. The van der Waals surface area contributed by atoms with Crippen molar-refractivity contribution in [2.75, 3.05) is 12.4 Å². The van der Waals surface area contributed by atoms with Gasteiger partial charge in [0.2, 0.25) is 5.88 Å². The third kappa shape index (κ3) is 2.21. The molecule has 0 spiro atoms. The van der Waals surface area contributed by atoms with Crippen molar-refractivity contribution in [3.05, 3.63) is 54.4 Å². The number of nitrogens with one attached hydrogen (secondary N) is 2. The molecule has 0 aliphatic heterocycles. The summed E-state index contributed by atoms with van der Waals surface area (Å²) < 4.78 is 5.11. The van der Waals surface area contributed by atoms with Gasteiger partial charge in [-0.3, -0.25) is 4.79 Å². The molecule has 0 radical (unpaired) electrons. The summed E-state index contributed by atoms with van der Waals surface area (Å²) >= 11 is 0. The van der Waals surface area contributed by atoms with Crippen LogP contribution in [0.2, 0.25) is 0 Å². The fourth-order valence-corrected chi connectivity index (χ4v) is 2.03. The number of fused-ring (bicyclic) bond motifs is 1. The van der Waals surface area contributed by atoms with Crippen LogP contribution in [0.4, 0.5) is 5.69 Å². The predicted molar refractivity (Wildman–Crippen MR) is 77.0 cm³/mol. The third-order valence-corrected chi connectivity index (χ3v) is 3.03. The number of carbonyl (C=O) groups is 1. The number of pyridine rings is 1. The topological polar surface area (TPSA) is 67.0 Å². The SMILES string of the molecule is COc1ncccc1NC(=O)c1ccc2cc[nH]c2c1. The van der Waals surface area contributed by atoms with E-state index in [0.29, 0.717) is 17.1 Å². The van der Waals surface area contributed by atoms with Crippen molar-refractivity contribution in [3.8, 4) is 5.88 Å². The summed E-state index contributed by atoms with van der Waals surface area (Å²) in [6, 6.07) is 11.0. The van der Waals surface area contributed by atoms with Crippen molar-refractivity contribution >= 4 is 22.5 Å². The normalized spacial score (nSPS) is 10.4. The quantitative estimate of drug-likeness (QED) is 0.766. The molecule has 0 saturated carbocycles. The number of hydrogen-bond acceptors (Lipinski definition) is 3. The molecule has 2 aromatic heterocycles. The maximum atomic E-state index is 12.2. The van der Waals surface area contributed by atoms with Gasteiger partial charge in [0.25, 0.3) is 5.91 Å². The number of H-pyrrole nitrogens is 1. The fraction of sp³-hybridized carbons (Fsp3) is 0.0667. The summed E-state index contributed by atoms with van der Waals surface area (Å²) in [5.74, 6) is 0.189. The number of aromatic amines is 1. The van der Waals surface area contributed by atoms with Crippen molar-refractivity contribution in [2.45, 2.75) is 0 Å². The Balaban J connectivity index is 1.88. The van der Waals surface area contributed by atoms with E-state index in [2.05, 4.69) is 15.3 Å². The number of nitrogens with zero attached hydrogens (tertiary/aromatic N) is 1. The first-order valence-corrected chi connectivity index (χ1v) is 6.15. The molecular formula is C15H13N3O2. The number of amides is 1. The molecular weight excluding hydrogens is 254 g/mol. The standard InChI is InChI=1S/C15H13N3O2/c1-20-15-12(3-2-7-17-15)18-14(19)11-5-4-10-6-8-16-13(10)9-11/h2-9,16H,1H3,(H,18,19). The van der Waals surface area contributed by atoms with Crippen LogP contribution in [0.15, 0.2) is 48.8 Å². The molecule has 2 heterocycles. The Bertz CT molecular complexity index is 764. The second-order valence-electron chi connectivity index (χ2n) is 4.29. The molecule has 2 N–H and O–H groups in total. The van der Waals surface area contributed by atoms with Crippen LogP contribution in [0, 0.1) is 0 Å². The number of rotatable bonds is 3. The van der Waals surface area contributed by atoms with Gasteiger partial charge in [-0.05, 0) is 35.7 Å². The van der Waals surface area contributed by atoms with Crippen LogP contribution in [0.1, 0.15) is 10.4 Å². The van der Waals surface area contributed by atoms with Crippen molar-refractivity contribution in [1.82, 2.24) is 9.97 Å². The van der Waals surface area contributed by atoms with Gasteiger partial charge in [0.05, 0.1) is 7.11 Å². The molecule has 1 amide bonds. The zero-order valence-corrected chi connectivity index (χ0v) is 10.9. The van der Waals surface area contributed by atoms with Crippen LogP contribution in [0.3, 0.4) is 0 Å². The molecule has 20 heavy (non-hydrogen) atoms. The van der Waals surface area contributed by atoms with E-state index in [4.69, 9.17) is 4.74 Å². The van der Waals surface area contributed by atoms with Crippen LogP contribution in [0.5, 0.6) is 5.88 Å². The van der Waals surface area contributed by atoms with E-state index in [1.54, 1.807) is 24.4 Å². The van der Waals surface area contributed by atoms with Crippen molar-refractivity contribution in [1.29, 1.82) is 0 Å². The summed E-state index contributed by atoms with van der Waals surface area (Å²) in [5.41, 5.74) is 2.05. The predicted octanol–water partition coefficient (Wildman–Crippen LogP) is 2.82. The van der Waals surface area contributed by atoms with E-state index in [1.165, 1.54) is 7.11 Å². The maximum Gasteiger partial charge on any atom is 0.255 e. The molecule has 0 fully saturated rings.